The zero-order chi connectivity index (χ0) is 13.5. The van der Waals surface area contributed by atoms with E-state index in [-0.39, 0.29) is 6.61 Å². The van der Waals surface area contributed by atoms with Gasteiger partial charge in [-0.1, -0.05) is 12.1 Å². The summed E-state index contributed by atoms with van der Waals surface area (Å²) in [5.41, 5.74) is 1.20. The molecule has 1 fully saturated rings. The summed E-state index contributed by atoms with van der Waals surface area (Å²) in [7, 11) is 2.17. The van der Waals surface area contributed by atoms with Crippen molar-refractivity contribution in [3.8, 4) is 11.8 Å². The Balaban J connectivity index is 1.83. The second kappa shape index (κ2) is 7.13. The number of likely N-dealkylation sites (tertiary alicyclic amines) is 1. The van der Waals surface area contributed by atoms with Crippen LogP contribution in [0.1, 0.15) is 18.4 Å². The molecule has 0 bridgehead atoms. The molecule has 1 atom stereocenters. The van der Waals surface area contributed by atoms with Gasteiger partial charge in [-0.15, -0.1) is 0 Å². The normalized spacial score (nSPS) is 19.9. The van der Waals surface area contributed by atoms with Gasteiger partial charge in [-0.3, -0.25) is 0 Å². The molecule has 1 aromatic carbocycles. The molecule has 0 radical (unpaired) electrons. The molecule has 1 aliphatic rings. The van der Waals surface area contributed by atoms with E-state index in [9.17, 15) is 0 Å². The Bertz CT molecular complexity index is 441. The standard InChI is InChI=1S/C15H21N3O/c1-18-8-3-5-14(12-18)17-11-13-4-2-6-15(10-13)19-9-7-16/h2,4,6,10,14,17H,3,5,8-9,11-12H2,1H3. The van der Waals surface area contributed by atoms with Gasteiger partial charge in [-0.05, 0) is 44.1 Å². The summed E-state index contributed by atoms with van der Waals surface area (Å²) in [6.07, 6.45) is 2.51. The second-order valence-electron chi connectivity index (χ2n) is 5.08. The fourth-order valence-electron chi connectivity index (χ4n) is 2.46. The van der Waals surface area contributed by atoms with Gasteiger partial charge < -0.3 is 15.0 Å². The average molecular weight is 259 g/mol. The van der Waals surface area contributed by atoms with E-state index in [1.807, 2.05) is 24.3 Å². The molecule has 1 heterocycles. The predicted molar refractivity (Wildman–Crippen MR) is 74.9 cm³/mol. The van der Waals surface area contributed by atoms with Crippen molar-refractivity contribution in [3.05, 3.63) is 29.8 Å². The molecule has 0 amide bonds. The molecule has 19 heavy (non-hydrogen) atoms. The zero-order valence-electron chi connectivity index (χ0n) is 11.4. The van der Waals surface area contributed by atoms with Crippen molar-refractivity contribution in [3.63, 3.8) is 0 Å². The maximum Gasteiger partial charge on any atom is 0.174 e. The number of likely N-dealkylation sites (N-methyl/N-ethyl adjacent to an activating group) is 1. The lowest BCUT2D eigenvalue weighted by atomic mass is 10.1. The van der Waals surface area contributed by atoms with Gasteiger partial charge in [0.05, 0.1) is 0 Å². The highest BCUT2D eigenvalue weighted by atomic mass is 16.5. The van der Waals surface area contributed by atoms with Gasteiger partial charge in [-0.25, -0.2) is 0 Å². The van der Waals surface area contributed by atoms with E-state index in [0.29, 0.717) is 6.04 Å². The lowest BCUT2D eigenvalue weighted by Gasteiger charge is -2.30. The van der Waals surface area contributed by atoms with E-state index in [2.05, 4.69) is 23.3 Å². The molecule has 0 saturated carbocycles. The zero-order valence-corrected chi connectivity index (χ0v) is 11.4. The van der Waals surface area contributed by atoms with Crippen LogP contribution in [0.5, 0.6) is 5.75 Å². The maximum atomic E-state index is 8.50. The summed E-state index contributed by atoms with van der Waals surface area (Å²) in [6.45, 7) is 3.27. The molecule has 1 N–H and O–H groups in total. The van der Waals surface area contributed by atoms with Crippen LogP contribution in [0.2, 0.25) is 0 Å². The van der Waals surface area contributed by atoms with Gasteiger partial charge in [0.2, 0.25) is 0 Å². The summed E-state index contributed by atoms with van der Waals surface area (Å²) >= 11 is 0. The van der Waals surface area contributed by atoms with Crippen LogP contribution in [0, 0.1) is 11.3 Å². The quantitative estimate of drug-likeness (QED) is 0.875. The molecule has 0 spiro atoms. The highest BCUT2D eigenvalue weighted by Gasteiger charge is 2.16. The summed E-state index contributed by atoms with van der Waals surface area (Å²) in [4.78, 5) is 2.37. The molecule has 0 aliphatic carbocycles. The highest BCUT2D eigenvalue weighted by Crippen LogP contribution is 2.14. The number of nitriles is 1. The number of rotatable bonds is 5. The molecule has 1 saturated heterocycles. The first-order valence-corrected chi connectivity index (χ1v) is 6.78. The Kier molecular flexibility index (Phi) is 5.20. The minimum absolute atomic E-state index is 0.101. The van der Waals surface area contributed by atoms with E-state index in [1.165, 1.54) is 24.9 Å². The Labute approximate surface area is 115 Å². The third-order valence-electron chi connectivity index (χ3n) is 3.42. The van der Waals surface area contributed by atoms with Crippen molar-refractivity contribution in [1.82, 2.24) is 10.2 Å². The van der Waals surface area contributed by atoms with E-state index in [4.69, 9.17) is 10.00 Å². The van der Waals surface area contributed by atoms with Gasteiger partial charge in [0.15, 0.2) is 6.61 Å². The maximum absolute atomic E-state index is 8.50. The molecule has 0 aromatic heterocycles. The van der Waals surface area contributed by atoms with Crippen LogP contribution < -0.4 is 10.1 Å². The summed E-state index contributed by atoms with van der Waals surface area (Å²) in [5, 5.41) is 12.1. The van der Waals surface area contributed by atoms with Crippen LogP contribution in [-0.4, -0.2) is 37.7 Å². The van der Waals surface area contributed by atoms with E-state index < -0.39 is 0 Å². The molecule has 4 nitrogen and oxygen atoms in total. The number of piperidine rings is 1. The van der Waals surface area contributed by atoms with Crippen LogP contribution in [0.25, 0.3) is 0 Å². The van der Waals surface area contributed by atoms with Gasteiger partial charge in [-0.2, -0.15) is 5.26 Å². The fourth-order valence-corrected chi connectivity index (χ4v) is 2.46. The third-order valence-corrected chi connectivity index (χ3v) is 3.42. The molecule has 102 valence electrons. The van der Waals surface area contributed by atoms with Crippen molar-refractivity contribution in [2.24, 2.45) is 0 Å². The summed E-state index contributed by atoms with van der Waals surface area (Å²) in [5.74, 6) is 0.765. The first-order chi connectivity index (χ1) is 9.28. The predicted octanol–water partition coefficient (Wildman–Crippen LogP) is 1.77. The van der Waals surface area contributed by atoms with E-state index in [0.717, 1.165) is 18.8 Å². The minimum atomic E-state index is 0.101. The fraction of sp³-hybridized carbons (Fsp3) is 0.533. The van der Waals surface area contributed by atoms with Crippen molar-refractivity contribution >= 4 is 0 Å². The number of benzene rings is 1. The van der Waals surface area contributed by atoms with Crippen molar-refractivity contribution in [2.45, 2.75) is 25.4 Å². The number of ether oxygens (including phenoxy) is 1. The lowest BCUT2D eigenvalue weighted by molar-refractivity contribution is 0.226. The monoisotopic (exact) mass is 259 g/mol. The molecule has 1 unspecified atom stereocenters. The Morgan fingerprint density at radius 1 is 1.53 bits per heavy atom. The smallest absolute Gasteiger partial charge is 0.174 e. The highest BCUT2D eigenvalue weighted by molar-refractivity contribution is 5.28. The van der Waals surface area contributed by atoms with Crippen LogP contribution in [-0.2, 0) is 6.54 Å². The summed E-state index contributed by atoms with van der Waals surface area (Å²) < 4.78 is 5.31. The SMILES string of the molecule is CN1CCCC(NCc2cccc(OCC#N)c2)C1. The van der Waals surface area contributed by atoms with Crippen LogP contribution in [0.15, 0.2) is 24.3 Å². The Morgan fingerprint density at radius 3 is 3.21 bits per heavy atom. The van der Waals surface area contributed by atoms with Gasteiger partial charge in [0.1, 0.15) is 11.8 Å². The average Bonchev–Trinajstić information content (AvgIpc) is 2.43. The lowest BCUT2D eigenvalue weighted by Crippen LogP contribution is -2.43. The second-order valence-corrected chi connectivity index (χ2v) is 5.08. The van der Waals surface area contributed by atoms with E-state index >= 15 is 0 Å². The largest absolute Gasteiger partial charge is 0.479 e. The first kappa shape index (κ1) is 13.9. The number of hydrogen-bond donors (Lipinski definition) is 1. The number of nitrogens with one attached hydrogen (secondary N) is 1. The topological polar surface area (TPSA) is 48.3 Å². The van der Waals surface area contributed by atoms with Crippen molar-refractivity contribution in [1.29, 1.82) is 5.26 Å². The van der Waals surface area contributed by atoms with Gasteiger partial charge >= 0.3 is 0 Å². The van der Waals surface area contributed by atoms with Crippen LogP contribution >= 0.6 is 0 Å². The third kappa shape index (κ3) is 4.55. The van der Waals surface area contributed by atoms with Crippen molar-refractivity contribution in [2.75, 3.05) is 26.7 Å². The molecule has 1 aliphatic heterocycles. The van der Waals surface area contributed by atoms with Gasteiger partial charge in [0.25, 0.3) is 0 Å². The first-order valence-electron chi connectivity index (χ1n) is 6.78. The van der Waals surface area contributed by atoms with Crippen LogP contribution in [0.4, 0.5) is 0 Å². The number of hydrogen-bond acceptors (Lipinski definition) is 4. The van der Waals surface area contributed by atoms with Crippen molar-refractivity contribution < 1.29 is 4.74 Å². The van der Waals surface area contributed by atoms with Crippen LogP contribution in [0.3, 0.4) is 0 Å². The Hall–Kier alpha value is -1.57. The Morgan fingerprint density at radius 2 is 2.42 bits per heavy atom. The molecular formula is C15H21N3O. The molecule has 2 rings (SSSR count). The van der Waals surface area contributed by atoms with Gasteiger partial charge in [0, 0.05) is 19.1 Å². The summed E-state index contributed by atoms with van der Waals surface area (Å²) in [6, 6.07) is 10.5. The molecule has 4 heteroatoms. The number of nitrogens with zero attached hydrogens (tertiary/aromatic N) is 2. The molecular weight excluding hydrogens is 238 g/mol. The van der Waals surface area contributed by atoms with E-state index in [1.54, 1.807) is 0 Å². The minimum Gasteiger partial charge on any atom is -0.479 e. The molecule has 1 aromatic rings.